The molecule has 0 aliphatic rings. The van der Waals surface area contributed by atoms with Gasteiger partial charge in [0.25, 0.3) is 0 Å². The van der Waals surface area contributed by atoms with E-state index in [-0.39, 0.29) is 0 Å². The maximum Gasteiger partial charge on any atom is 0.0893 e. The van der Waals surface area contributed by atoms with E-state index in [9.17, 15) is 0 Å². The van der Waals surface area contributed by atoms with E-state index in [1.165, 1.54) is 19.8 Å². The van der Waals surface area contributed by atoms with Gasteiger partial charge < -0.3 is 0 Å². The molecule has 0 aliphatic carbocycles. The van der Waals surface area contributed by atoms with Crippen LogP contribution < -0.4 is 0 Å². The first-order chi connectivity index (χ1) is 8.90. The van der Waals surface area contributed by atoms with E-state index in [4.69, 9.17) is 0 Å². The number of rotatable bonds is 1. The van der Waals surface area contributed by atoms with Crippen molar-refractivity contribution in [2.75, 3.05) is 0 Å². The molecule has 3 aromatic heterocycles. The molecule has 1 aromatic carbocycles. The molecule has 0 bridgehead atoms. The van der Waals surface area contributed by atoms with E-state index < -0.39 is 0 Å². The summed E-state index contributed by atoms with van der Waals surface area (Å²) in [5.41, 5.74) is 3.11. The summed E-state index contributed by atoms with van der Waals surface area (Å²) in [6, 6.07) is 10.7. The smallest absolute Gasteiger partial charge is 0.0893 e. The number of hydrogen-bond donors (Lipinski definition) is 0. The molecule has 0 amide bonds. The number of aromatic nitrogens is 2. The van der Waals surface area contributed by atoms with Gasteiger partial charge >= 0.3 is 0 Å². The second-order valence-electron chi connectivity index (χ2n) is 4.02. The average molecular weight is 268 g/mol. The van der Waals surface area contributed by atoms with Crippen molar-refractivity contribution in [3.8, 4) is 10.4 Å². The third-order valence-electron chi connectivity index (χ3n) is 2.89. The van der Waals surface area contributed by atoms with Crippen LogP contribution in [0.2, 0.25) is 0 Å². The highest BCUT2D eigenvalue weighted by molar-refractivity contribution is 7.28. The highest BCUT2D eigenvalue weighted by Gasteiger charge is 2.06. The topological polar surface area (TPSA) is 25.8 Å². The van der Waals surface area contributed by atoms with Crippen molar-refractivity contribution in [3.63, 3.8) is 0 Å². The van der Waals surface area contributed by atoms with E-state index in [2.05, 4.69) is 39.6 Å². The summed E-state index contributed by atoms with van der Waals surface area (Å²) in [5, 5.41) is 2.14. The maximum absolute atomic E-state index is 4.35. The highest BCUT2D eigenvalue weighted by atomic mass is 32.1. The van der Waals surface area contributed by atoms with Crippen molar-refractivity contribution in [1.82, 2.24) is 9.97 Å². The van der Waals surface area contributed by atoms with E-state index in [1.54, 1.807) is 23.7 Å². The maximum atomic E-state index is 4.35. The second-order valence-corrected chi connectivity index (χ2v) is 6.05. The normalized spacial score (nSPS) is 11.3. The highest BCUT2D eigenvalue weighted by Crippen LogP contribution is 2.36. The fourth-order valence-electron chi connectivity index (χ4n) is 2.02. The Morgan fingerprint density at radius 1 is 0.833 bits per heavy atom. The molecule has 0 radical (unpaired) electrons. The first kappa shape index (κ1) is 10.2. The van der Waals surface area contributed by atoms with Gasteiger partial charge in [-0.1, -0.05) is 6.07 Å². The Labute approximate surface area is 112 Å². The molecule has 0 saturated heterocycles. The van der Waals surface area contributed by atoms with E-state index in [1.807, 2.05) is 17.4 Å². The van der Waals surface area contributed by atoms with Crippen LogP contribution in [0.1, 0.15) is 0 Å². The van der Waals surface area contributed by atoms with Gasteiger partial charge in [-0.3, -0.25) is 9.97 Å². The van der Waals surface area contributed by atoms with Gasteiger partial charge in [0.15, 0.2) is 0 Å². The first-order valence-corrected chi connectivity index (χ1v) is 7.28. The van der Waals surface area contributed by atoms with Gasteiger partial charge in [0.1, 0.15) is 0 Å². The number of thiophene rings is 2. The van der Waals surface area contributed by atoms with Crippen LogP contribution in [0.15, 0.2) is 48.1 Å². The predicted octanol–water partition coefficient (Wildman–Crippen LogP) is 4.57. The molecule has 0 aliphatic heterocycles. The molecule has 0 unspecified atom stereocenters. The van der Waals surface area contributed by atoms with Crippen molar-refractivity contribution in [2.45, 2.75) is 0 Å². The van der Waals surface area contributed by atoms with Gasteiger partial charge in [0.05, 0.1) is 11.0 Å². The minimum atomic E-state index is 0.944. The van der Waals surface area contributed by atoms with Crippen molar-refractivity contribution in [3.05, 3.63) is 48.1 Å². The summed E-state index contributed by atoms with van der Waals surface area (Å²) in [7, 11) is 0. The Morgan fingerprint density at radius 3 is 2.61 bits per heavy atom. The van der Waals surface area contributed by atoms with Crippen molar-refractivity contribution >= 4 is 43.1 Å². The van der Waals surface area contributed by atoms with Crippen molar-refractivity contribution < 1.29 is 0 Å². The number of benzene rings is 1. The van der Waals surface area contributed by atoms with Gasteiger partial charge in [0.2, 0.25) is 0 Å². The van der Waals surface area contributed by atoms with Crippen LogP contribution in [0.3, 0.4) is 0 Å². The lowest BCUT2D eigenvalue weighted by Crippen LogP contribution is -1.82. The Bertz CT molecular complexity index is 816. The predicted molar refractivity (Wildman–Crippen MR) is 78.2 cm³/mol. The summed E-state index contributed by atoms with van der Waals surface area (Å²) in [6.45, 7) is 0. The van der Waals surface area contributed by atoms with Gasteiger partial charge in [-0.25, -0.2) is 0 Å². The van der Waals surface area contributed by atoms with Gasteiger partial charge in [0, 0.05) is 26.7 Å². The molecule has 0 spiro atoms. The molecular formula is C14H8N2S2. The minimum absolute atomic E-state index is 0.944. The molecule has 3 heterocycles. The summed E-state index contributed by atoms with van der Waals surface area (Å²) in [4.78, 5) is 9.94. The molecule has 0 saturated carbocycles. The minimum Gasteiger partial charge on any atom is -0.253 e. The quantitative estimate of drug-likeness (QED) is 0.505. The molecular weight excluding hydrogens is 260 g/mol. The lowest BCUT2D eigenvalue weighted by molar-refractivity contribution is 1.29. The Morgan fingerprint density at radius 2 is 1.72 bits per heavy atom. The number of fused-ring (bicyclic) bond motifs is 2. The van der Waals surface area contributed by atoms with Crippen LogP contribution in [0.5, 0.6) is 0 Å². The van der Waals surface area contributed by atoms with Crippen LogP contribution >= 0.6 is 22.7 Å². The van der Waals surface area contributed by atoms with Gasteiger partial charge in [-0.2, -0.15) is 0 Å². The zero-order valence-electron chi connectivity index (χ0n) is 9.33. The number of hydrogen-bond acceptors (Lipinski definition) is 4. The lowest BCUT2D eigenvalue weighted by Gasteiger charge is -1.99. The largest absolute Gasteiger partial charge is 0.253 e. The zero-order chi connectivity index (χ0) is 11.9. The van der Waals surface area contributed by atoms with Crippen molar-refractivity contribution in [1.29, 1.82) is 0 Å². The fraction of sp³-hybridized carbons (Fsp3) is 0. The average Bonchev–Trinajstić information content (AvgIpc) is 2.99. The molecule has 4 heteroatoms. The van der Waals surface area contributed by atoms with E-state index in [0.717, 1.165) is 11.0 Å². The zero-order valence-corrected chi connectivity index (χ0v) is 11.0. The monoisotopic (exact) mass is 268 g/mol. The Hall–Kier alpha value is -1.78. The van der Waals surface area contributed by atoms with Crippen molar-refractivity contribution in [2.24, 2.45) is 0 Å². The molecule has 0 N–H and O–H groups in total. The van der Waals surface area contributed by atoms with Crippen LogP contribution in [-0.2, 0) is 0 Å². The third kappa shape index (κ3) is 1.54. The molecule has 86 valence electrons. The summed E-state index contributed by atoms with van der Waals surface area (Å²) in [6.07, 6.45) is 3.46. The van der Waals surface area contributed by atoms with Crippen LogP contribution in [-0.4, -0.2) is 9.97 Å². The molecule has 18 heavy (non-hydrogen) atoms. The van der Waals surface area contributed by atoms with Gasteiger partial charge in [-0.05, 0) is 35.2 Å². The van der Waals surface area contributed by atoms with Gasteiger partial charge in [-0.15, -0.1) is 22.7 Å². The Kier molecular flexibility index (Phi) is 2.18. The Balaban J connectivity index is 1.93. The summed E-state index contributed by atoms with van der Waals surface area (Å²) < 4.78 is 2.71. The van der Waals surface area contributed by atoms with Crippen LogP contribution in [0.4, 0.5) is 0 Å². The lowest BCUT2D eigenvalue weighted by atomic mass is 10.1. The molecule has 4 aromatic rings. The number of nitrogens with zero attached hydrogens (tertiary/aromatic N) is 2. The summed E-state index contributed by atoms with van der Waals surface area (Å²) >= 11 is 3.62. The first-order valence-electron chi connectivity index (χ1n) is 5.58. The molecule has 4 rings (SSSR count). The van der Waals surface area contributed by atoms with E-state index in [0.29, 0.717) is 0 Å². The SMILES string of the molecule is c1cnc2cc(-c3cc4sccc4s3)ccc2n1. The standard InChI is InChI=1S/C14H8N2S2/c1-2-10-11(16-5-4-15-10)7-9(1)13-8-14-12(18-13)3-6-17-14/h1-8H. The van der Waals surface area contributed by atoms with Crippen LogP contribution in [0.25, 0.3) is 30.9 Å². The van der Waals surface area contributed by atoms with Crippen LogP contribution in [0, 0.1) is 0 Å². The fourth-order valence-corrected chi connectivity index (χ4v) is 4.13. The second kappa shape index (κ2) is 3.86. The van der Waals surface area contributed by atoms with E-state index >= 15 is 0 Å². The third-order valence-corrected chi connectivity index (χ3v) is 5.04. The molecule has 0 fully saturated rings. The molecule has 0 atom stereocenters. The molecule has 2 nitrogen and oxygen atoms in total. The summed E-state index contributed by atoms with van der Waals surface area (Å²) in [5.74, 6) is 0.